The third-order valence-electron chi connectivity index (χ3n) is 5.05. The molecule has 0 bridgehead atoms. The molecule has 29 heavy (non-hydrogen) atoms. The van der Waals surface area contributed by atoms with E-state index in [4.69, 9.17) is 9.47 Å². The first-order valence-electron chi connectivity index (χ1n) is 8.74. The van der Waals surface area contributed by atoms with Crippen LogP contribution in [0.1, 0.15) is 37.1 Å². The Morgan fingerprint density at radius 3 is 2.76 bits per heavy atom. The Balaban J connectivity index is 1.96. The fourth-order valence-corrected chi connectivity index (χ4v) is 5.67. The van der Waals surface area contributed by atoms with Crippen LogP contribution in [-0.4, -0.2) is 36.7 Å². The molecule has 6 nitrogen and oxygen atoms in total. The largest absolute Gasteiger partial charge is 0.416 e. The molecule has 1 aromatic heterocycles. The molecule has 2 atom stereocenters. The molecule has 1 aliphatic heterocycles. The molecule has 2 unspecified atom stereocenters. The number of halogens is 4. The number of alkyl halides is 3. The van der Waals surface area contributed by atoms with Crippen LogP contribution in [0.15, 0.2) is 39.8 Å². The summed E-state index contributed by atoms with van der Waals surface area (Å²) in [5.74, 6) is 0. The molecule has 1 aromatic carbocycles. The van der Waals surface area contributed by atoms with Crippen LogP contribution in [-0.2, 0) is 32.2 Å². The number of hydrogen-bond donors (Lipinski definition) is 0. The van der Waals surface area contributed by atoms with E-state index in [-0.39, 0.29) is 31.1 Å². The van der Waals surface area contributed by atoms with Gasteiger partial charge >= 0.3 is 6.18 Å². The van der Waals surface area contributed by atoms with Crippen molar-refractivity contribution in [2.24, 2.45) is 0 Å². The van der Waals surface area contributed by atoms with Crippen molar-refractivity contribution in [2.75, 3.05) is 13.7 Å². The van der Waals surface area contributed by atoms with E-state index in [9.17, 15) is 21.6 Å². The topological polar surface area (TPSA) is 70.4 Å². The predicted molar refractivity (Wildman–Crippen MR) is 102 cm³/mol. The molecule has 0 saturated carbocycles. The Morgan fingerprint density at radius 1 is 1.38 bits per heavy atom. The minimum atomic E-state index is -4.62. The lowest BCUT2D eigenvalue weighted by molar-refractivity contribution is -0.137. The van der Waals surface area contributed by atoms with Crippen LogP contribution in [0.2, 0.25) is 0 Å². The highest BCUT2D eigenvalue weighted by molar-refractivity contribution is 9.10. The molecule has 2 aromatic rings. The molecular weight excluding hydrogens is 477 g/mol. The van der Waals surface area contributed by atoms with Crippen molar-refractivity contribution in [1.82, 2.24) is 9.78 Å². The molecule has 0 amide bonds. The molecule has 1 fully saturated rings. The van der Waals surface area contributed by atoms with Gasteiger partial charge < -0.3 is 9.47 Å². The second-order valence-electron chi connectivity index (χ2n) is 7.10. The number of rotatable bonds is 5. The Hall–Kier alpha value is -1.43. The first-order chi connectivity index (χ1) is 13.5. The summed E-state index contributed by atoms with van der Waals surface area (Å²) in [4.78, 5) is -0.345. The Kier molecular flexibility index (Phi) is 6.15. The first kappa shape index (κ1) is 22.3. The van der Waals surface area contributed by atoms with Gasteiger partial charge in [-0.1, -0.05) is 6.07 Å². The van der Waals surface area contributed by atoms with Crippen LogP contribution in [0.4, 0.5) is 13.2 Å². The van der Waals surface area contributed by atoms with Gasteiger partial charge in [0.25, 0.3) is 0 Å². The summed E-state index contributed by atoms with van der Waals surface area (Å²) in [5.41, 5.74) is -0.364. The van der Waals surface area contributed by atoms with Crippen LogP contribution in [0.5, 0.6) is 0 Å². The monoisotopic (exact) mass is 496 g/mol. The molecule has 160 valence electrons. The third-order valence-corrected chi connectivity index (χ3v) is 7.98. The lowest BCUT2D eigenvalue weighted by Crippen LogP contribution is -2.42. The molecule has 2 heterocycles. The normalized spacial score (nSPS) is 23.3. The zero-order valence-corrected chi connectivity index (χ0v) is 18.1. The Morgan fingerprint density at radius 2 is 2.10 bits per heavy atom. The summed E-state index contributed by atoms with van der Waals surface area (Å²) < 4.78 is 77.5. The number of nitrogens with zero attached hydrogens (tertiary/aromatic N) is 2. The van der Waals surface area contributed by atoms with Gasteiger partial charge in [0.15, 0.2) is 9.84 Å². The van der Waals surface area contributed by atoms with E-state index in [2.05, 4.69) is 21.0 Å². The van der Waals surface area contributed by atoms with Gasteiger partial charge in [-0.3, -0.25) is 0 Å². The molecule has 1 saturated heterocycles. The van der Waals surface area contributed by atoms with Crippen molar-refractivity contribution in [2.45, 2.75) is 48.4 Å². The smallest absolute Gasteiger partial charge is 0.372 e. The summed E-state index contributed by atoms with van der Waals surface area (Å²) >= 11 is 3.28. The van der Waals surface area contributed by atoms with Gasteiger partial charge in [-0.2, -0.15) is 18.3 Å². The molecule has 0 N–H and O–H groups in total. The van der Waals surface area contributed by atoms with Crippen LogP contribution in [0.25, 0.3) is 0 Å². The Labute approximate surface area is 175 Å². The second-order valence-corrected chi connectivity index (χ2v) is 10.4. The average molecular weight is 497 g/mol. The number of hydrogen-bond acceptors (Lipinski definition) is 5. The van der Waals surface area contributed by atoms with Crippen LogP contribution >= 0.6 is 15.9 Å². The van der Waals surface area contributed by atoms with E-state index >= 15 is 0 Å². The highest BCUT2D eigenvalue weighted by atomic mass is 79.9. The van der Waals surface area contributed by atoms with Crippen molar-refractivity contribution < 1.29 is 31.1 Å². The van der Waals surface area contributed by atoms with Crippen molar-refractivity contribution >= 4 is 25.8 Å². The maximum absolute atomic E-state index is 13.3. The van der Waals surface area contributed by atoms with Crippen molar-refractivity contribution in [3.05, 3.63) is 46.2 Å². The SMILES string of the molecule is COCn1nc(Br)cc1C1CC(C)(S(=O)(=O)c2cccc(C(F)(F)F)c2)CCO1. The summed E-state index contributed by atoms with van der Waals surface area (Å²) in [6.45, 7) is 1.84. The van der Waals surface area contributed by atoms with Crippen LogP contribution < -0.4 is 0 Å². The lowest BCUT2D eigenvalue weighted by Gasteiger charge is -2.37. The fraction of sp³-hybridized carbons (Fsp3) is 0.500. The van der Waals surface area contributed by atoms with E-state index in [1.807, 2.05) is 0 Å². The van der Waals surface area contributed by atoms with Crippen molar-refractivity contribution in [3.8, 4) is 0 Å². The fourth-order valence-electron chi connectivity index (χ4n) is 3.41. The molecule has 0 spiro atoms. The highest BCUT2D eigenvalue weighted by Gasteiger charge is 2.46. The van der Waals surface area contributed by atoms with Gasteiger partial charge in [0, 0.05) is 13.7 Å². The molecule has 3 rings (SSSR count). The Bertz CT molecular complexity index is 993. The molecule has 0 aliphatic carbocycles. The first-order valence-corrected chi connectivity index (χ1v) is 11.0. The van der Waals surface area contributed by atoms with E-state index < -0.39 is 32.4 Å². The molecular formula is C18H20BrF3N2O4S. The number of methoxy groups -OCH3 is 1. The lowest BCUT2D eigenvalue weighted by atomic mass is 9.95. The number of aromatic nitrogens is 2. The highest BCUT2D eigenvalue weighted by Crippen LogP contribution is 2.43. The number of benzene rings is 1. The number of ether oxygens (including phenoxy) is 2. The summed E-state index contributed by atoms with van der Waals surface area (Å²) in [7, 11) is -2.55. The van der Waals surface area contributed by atoms with E-state index in [0.717, 1.165) is 12.1 Å². The minimum absolute atomic E-state index is 0.0768. The van der Waals surface area contributed by atoms with Gasteiger partial charge in [-0.05, 0) is 60.0 Å². The van der Waals surface area contributed by atoms with Crippen molar-refractivity contribution in [1.29, 1.82) is 0 Å². The number of sulfone groups is 1. The maximum Gasteiger partial charge on any atom is 0.416 e. The van der Waals surface area contributed by atoms with Gasteiger partial charge in [0.05, 0.1) is 20.9 Å². The van der Waals surface area contributed by atoms with Crippen LogP contribution in [0, 0.1) is 0 Å². The van der Waals surface area contributed by atoms with E-state index in [0.29, 0.717) is 16.4 Å². The van der Waals surface area contributed by atoms with Crippen molar-refractivity contribution in [3.63, 3.8) is 0 Å². The molecule has 11 heteroatoms. The quantitative estimate of drug-likeness (QED) is 0.615. The predicted octanol–water partition coefficient (Wildman–Crippen LogP) is 4.35. The molecule has 0 radical (unpaired) electrons. The van der Waals surface area contributed by atoms with E-state index in [1.54, 1.807) is 17.7 Å². The maximum atomic E-state index is 13.3. The van der Waals surface area contributed by atoms with Gasteiger partial charge in [0.1, 0.15) is 17.4 Å². The van der Waals surface area contributed by atoms with Crippen LogP contribution in [0.3, 0.4) is 0 Å². The summed E-state index contributed by atoms with van der Waals surface area (Å²) in [6.07, 6.45) is -4.97. The zero-order chi connectivity index (χ0) is 21.4. The van der Waals surface area contributed by atoms with Gasteiger partial charge in [-0.15, -0.1) is 0 Å². The standard InChI is InChI=1S/C18H20BrF3N2O4S/c1-17(29(25,26)13-5-3-4-12(8-13)18(20,21)22)6-7-28-15(10-17)14-9-16(19)23-24(14)11-27-2/h3-5,8-9,15H,6-7,10-11H2,1-2H3. The van der Waals surface area contributed by atoms with Gasteiger partial charge in [0.2, 0.25) is 0 Å². The third kappa shape index (κ3) is 4.37. The van der Waals surface area contributed by atoms with E-state index in [1.165, 1.54) is 13.2 Å². The van der Waals surface area contributed by atoms with Gasteiger partial charge in [-0.25, -0.2) is 13.1 Å². The average Bonchev–Trinajstić information content (AvgIpc) is 3.02. The summed E-state index contributed by atoms with van der Waals surface area (Å²) in [5, 5.41) is 4.24. The minimum Gasteiger partial charge on any atom is -0.372 e. The molecule has 1 aliphatic rings. The summed E-state index contributed by atoms with van der Waals surface area (Å²) in [6, 6.07) is 5.57. The zero-order valence-electron chi connectivity index (χ0n) is 15.7. The second kappa shape index (κ2) is 8.01.